The van der Waals surface area contributed by atoms with E-state index in [4.69, 9.17) is 9.47 Å². The van der Waals surface area contributed by atoms with Gasteiger partial charge < -0.3 is 19.7 Å². The average Bonchev–Trinajstić information content (AvgIpc) is 2.86. The topological polar surface area (TPSA) is 67.9 Å². The first kappa shape index (κ1) is 22.9. The molecule has 35 heavy (non-hydrogen) atoms. The average molecular weight is 475 g/mol. The first-order valence-electron chi connectivity index (χ1n) is 11.9. The number of rotatable bonds is 6. The number of fused-ring (bicyclic) bond motifs is 4. The van der Waals surface area contributed by atoms with E-state index in [-0.39, 0.29) is 17.5 Å². The minimum atomic E-state index is -0.727. The SMILES string of the molecule is CCOc1cc2c(cc1OCC)[C@@H]1[C@H](C(=O)Nc3ccccc3F)c3ccccc3C(=O)N1CC2. The van der Waals surface area contributed by atoms with Crippen molar-refractivity contribution in [3.05, 3.63) is 88.7 Å². The van der Waals surface area contributed by atoms with Gasteiger partial charge in [-0.15, -0.1) is 0 Å². The van der Waals surface area contributed by atoms with Crippen molar-refractivity contribution < 1.29 is 23.5 Å². The number of benzene rings is 3. The van der Waals surface area contributed by atoms with Gasteiger partial charge in [-0.05, 0) is 67.3 Å². The number of ether oxygens (including phenoxy) is 2. The van der Waals surface area contributed by atoms with Gasteiger partial charge in [0.2, 0.25) is 5.91 Å². The molecule has 0 spiro atoms. The highest BCUT2D eigenvalue weighted by molar-refractivity contribution is 6.04. The minimum Gasteiger partial charge on any atom is -0.490 e. The smallest absolute Gasteiger partial charge is 0.254 e. The second kappa shape index (κ2) is 9.41. The van der Waals surface area contributed by atoms with Gasteiger partial charge in [-0.1, -0.05) is 30.3 Å². The van der Waals surface area contributed by atoms with Crippen molar-refractivity contribution >= 4 is 17.5 Å². The number of anilines is 1. The van der Waals surface area contributed by atoms with Gasteiger partial charge in [-0.3, -0.25) is 9.59 Å². The Hall–Kier alpha value is -3.87. The number of nitrogens with zero attached hydrogens (tertiary/aromatic N) is 1. The Kier molecular flexibility index (Phi) is 6.16. The van der Waals surface area contributed by atoms with Gasteiger partial charge in [-0.2, -0.15) is 0 Å². The normalized spacial score (nSPS) is 18.3. The van der Waals surface area contributed by atoms with Gasteiger partial charge in [0.15, 0.2) is 11.5 Å². The molecule has 2 heterocycles. The Morgan fingerprint density at radius 3 is 2.43 bits per heavy atom. The van der Waals surface area contributed by atoms with Crippen LogP contribution in [-0.4, -0.2) is 36.5 Å². The molecule has 7 heteroatoms. The summed E-state index contributed by atoms with van der Waals surface area (Å²) in [6.45, 7) is 5.22. The molecule has 3 aromatic carbocycles. The highest BCUT2D eigenvalue weighted by Crippen LogP contribution is 2.48. The number of carbonyl (C=O) groups is 2. The van der Waals surface area contributed by atoms with E-state index in [1.165, 1.54) is 12.1 Å². The lowest BCUT2D eigenvalue weighted by Crippen LogP contribution is -2.49. The predicted octanol–water partition coefficient (Wildman–Crippen LogP) is 5.10. The number of hydrogen-bond donors (Lipinski definition) is 1. The van der Waals surface area contributed by atoms with Crippen molar-refractivity contribution in [2.75, 3.05) is 25.1 Å². The number of para-hydroxylation sites is 1. The second-order valence-corrected chi connectivity index (χ2v) is 8.59. The maximum atomic E-state index is 14.4. The summed E-state index contributed by atoms with van der Waals surface area (Å²) in [6.07, 6.45) is 0.633. The van der Waals surface area contributed by atoms with Gasteiger partial charge in [0, 0.05) is 12.1 Å². The molecular weight excluding hydrogens is 447 g/mol. The third kappa shape index (κ3) is 4.01. The highest BCUT2D eigenvalue weighted by atomic mass is 19.1. The van der Waals surface area contributed by atoms with Crippen molar-refractivity contribution in [2.24, 2.45) is 0 Å². The van der Waals surface area contributed by atoms with Crippen molar-refractivity contribution in [1.82, 2.24) is 4.90 Å². The molecule has 0 aliphatic carbocycles. The fraction of sp³-hybridized carbons (Fsp3) is 0.286. The number of halogens is 1. The van der Waals surface area contributed by atoms with Crippen LogP contribution in [0, 0.1) is 5.82 Å². The Balaban J connectivity index is 1.65. The zero-order valence-corrected chi connectivity index (χ0v) is 19.7. The summed E-state index contributed by atoms with van der Waals surface area (Å²) in [5.41, 5.74) is 3.09. The largest absolute Gasteiger partial charge is 0.490 e. The van der Waals surface area contributed by atoms with Gasteiger partial charge in [0.25, 0.3) is 5.91 Å². The van der Waals surface area contributed by atoms with Gasteiger partial charge in [-0.25, -0.2) is 4.39 Å². The summed E-state index contributed by atoms with van der Waals surface area (Å²) in [6, 6.07) is 16.5. The summed E-state index contributed by atoms with van der Waals surface area (Å²) >= 11 is 0. The molecule has 2 aliphatic rings. The van der Waals surface area contributed by atoms with E-state index >= 15 is 0 Å². The van der Waals surface area contributed by atoms with Crippen LogP contribution in [0.25, 0.3) is 0 Å². The Morgan fingerprint density at radius 2 is 1.69 bits per heavy atom. The molecule has 0 saturated heterocycles. The first-order chi connectivity index (χ1) is 17.0. The fourth-order valence-corrected chi connectivity index (χ4v) is 5.13. The molecule has 0 saturated carbocycles. The van der Waals surface area contributed by atoms with Crippen molar-refractivity contribution in [3.63, 3.8) is 0 Å². The molecule has 180 valence electrons. The summed E-state index contributed by atoms with van der Waals surface area (Å²) in [5, 5.41) is 2.76. The fourth-order valence-electron chi connectivity index (χ4n) is 5.13. The Labute approximate surface area is 203 Å². The van der Waals surface area contributed by atoms with Crippen LogP contribution < -0.4 is 14.8 Å². The molecule has 5 rings (SSSR count). The number of carbonyl (C=O) groups excluding carboxylic acids is 2. The van der Waals surface area contributed by atoms with E-state index in [0.29, 0.717) is 48.8 Å². The maximum absolute atomic E-state index is 14.4. The number of nitrogens with one attached hydrogen (secondary N) is 1. The molecule has 2 atom stereocenters. The quantitative estimate of drug-likeness (QED) is 0.540. The molecule has 0 bridgehead atoms. The summed E-state index contributed by atoms with van der Waals surface area (Å²) in [7, 11) is 0. The summed E-state index contributed by atoms with van der Waals surface area (Å²) in [5.74, 6) is -0.495. The molecule has 2 amide bonds. The Morgan fingerprint density at radius 1 is 1.00 bits per heavy atom. The van der Waals surface area contributed by atoms with Crippen LogP contribution >= 0.6 is 0 Å². The van der Waals surface area contributed by atoms with Crippen molar-refractivity contribution in [3.8, 4) is 11.5 Å². The third-order valence-electron chi connectivity index (χ3n) is 6.60. The van der Waals surface area contributed by atoms with Crippen LogP contribution in [0.5, 0.6) is 11.5 Å². The minimum absolute atomic E-state index is 0.108. The third-order valence-corrected chi connectivity index (χ3v) is 6.60. The van der Waals surface area contributed by atoms with E-state index in [9.17, 15) is 14.0 Å². The summed E-state index contributed by atoms with van der Waals surface area (Å²) in [4.78, 5) is 29.0. The molecule has 0 fully saturated rings. The van der Waals surface area contributed by atoms with Gasteiger partial charge in [0.1, 0.15) is 5.82 Å². The zero-order chi connectivity index (χ0) is 24.5. The molecule has 2 aliphatic heterocycles. The molecule has 1 N–H and O–H groups in total. The lowest BCUT2D eigenvalue weighted by Gasteiger charge is -2.45. The monoisotopic (exact) mass is 474 g/mol. The van der Waals surface area contributed by atoms with Crippen molar-refractivity contribution in [2.45, 2.75) is 32.2 Å². The predicted molar refractivity (Wildman–Crippen MR) is 130 cm³/mol. The van der Waals surface area contributed by atoms with Gasteiger partial charge >= 0.3 is 0 Å². The first-order valence-corrected chi connectivity index (χ1v) is 11.9. The molecule has 0 unspecified atom stereocenters. The van der Waals surface area contributed by atoms with E-state index in [1.54, 1.807) is 29.2 Å². The van der Waals surface area contributed by atoms with Crippen LogP contribution in [0.2, 0.25) is 0 Å². The molecule has 0 aromatic heterocycles. The lowest BCUT2D eigenvalue weighted by molar-refractivity contribution is -0.119. The standard InChI is InChI=1S/C28H27FN2O4/c1-3-34-23-15-17-13-14-31-26(20(17)16-24(23)35-4-2)25(18-9-5-6-10-19(18)28(31)33)27(32)30-22-12-8-7-11-21(22)29/h5-12,15-16,25-26H,3-4,13-14H2,1-2H3,(H,30,32)/t25-,26-/m1/s1. The van der Waals surface area contributed by atoms with E-state index in [2.05, 4.69) is 5.32 Å². The van der Waals surface area contributed by atoms with Crippen LogP contribution in [-0.2, 0) is 11.2 Å². The molecule has 0 radical (unpaired) electrons. The van der Waals surface area contributed by atoms with E-state index in [1.807, 2.05) is 38.1 Å². The van der Waals surface area contributed by atoms with Crippen LogP contribution in [0.4, 0.5) is 10.1 Å². The van der Waals surface area contributed by atoms with Crippen molar-refractivity contribution in [1.29, 1.82) is 0 Å². The second-order valence-electron chi connectivity index (χ2n) is 8.59. The molecule has 6 nitrogen and oxygen atoms in total. The van der Waals surface area contributed by atoms with E-state index < -0.39 is 17.8 Å². The lowest BCUT2D eigenvalue weighted by atomic mass is 9.75. The summed E-state index contributed by atoms with van der Waals surface area (Å²) < 4.78 is 26.1. The van der Waals surface area contributed by atoms with Gasteiger partial charge in [0.05, 0.1) is 30.9 Å². The van der Waals surface area contributed by atoms with Crippen LogP contribution in [0.1, 0.15) is 52.9 Å². The molecule has 3 aromatic rings. The highest BCUT2D eigenvalue weighted by Gasteiger charge is 2.46. The van der Waals surface area contributed by atoms with Crippen LogP contribution in [0.3, 0.4) is 0 Å². The zero-order valence-electron chi connectivity index (χ0n) is 19.7. The van der Waals surface area contributed by atoms with Crippen LogP contribution in [0.15, 0.2) is 60.7 Å². The number of hydrogen-bond acceptors (Lipinski definition) is 4. The molecular formula is C28H27FN2O4. The van der Waals surface area contributed by atoms with E-state index in [0.717, 1.165) is 11.1 Å². The Bertz CT molecular complexity index is 1290. The number of amides is 2. The maximum Gasteiger partial charge on any atom is 0.254 e.